The van der Waals surface area contributed by atoms with E-state index in [1.54, 1.807) is 0 Å². The molecule has 1 fully saturated rings. The smallest absolute Gasteiger partial charge is 0.233 e. The number of piperazine rings is 1. The van der Waals surface area contributed by atoms with E-state index in [9.17, 15) is 13.6 Å². The summed E-state index contributed by atoms with van der Waals surface area (Å²) in [7, 11) is 0. The Balaban J connectivity index is 0.00000200. The number of amides is 1. The van der Waals surface area contributed by atoms with E-state index in [1.165, 1.54) is 17.8 Å². The second-order valence-electron chi connectivity index (χ2n) is 4.50. The number of halogens is 3. The van der Waals surface area contributed by atoms with Crippen molar-refractivity contribution in [2.24, 2.45) is 0 Å². The second kappa shape index (κ2) is 7.81. The molecule has 1 heterocycles. The Morgan fingerprint density at radius 3 is 2.85 bits per heavy atom. The second-order valence-corrected chi connectivity index (χ2v) is 5.55. The van der Waals surface area contributed by atoms with Crippen LogP contribution in [0.2, 0.25) is 0 Å². The molecule has 1 aliphatic rings. The highest BCUT2D eigenvalue weighted by Crippen LogP contribution is 2.21. The van der Waals surface area contributed by atoms with Gasteiger partial charge < -0.3 is 10.2 Å². The van der Waals surface area contributed by atoms with Crippen molar-refractivity contribution in [2.75, 3.05) is 25.4 Å². The molecule has 2 rings (SSSR count). The highest BCUT2D eigenvalue weighted by Gasteiger charge is 2.22. The average Bonchev–Trinajstić information content (AvgIpc) is 2.40. The number of carbonyl (C=O) groups is 1. The van der Waals surface area contributed by atoms with Gasteiger partial charge in [-0.3, -0.25) is 4.79 Å². The van der Waals surface area contributed by atoms with Crippen molar-refractivity contribution in [3.8, 4) is 0 Å². The van der Waals surface area contributed by atoms with Gasteiger partial charge >= 0.3 is 0 Å². The van der Waals surface area contributed by atoms with Crippen LogP contribution in [0.4, 0.5) is 8.78 Å². The summed E-state index contributed by atoms with van der Waals surface area (Å²) in [5.74, 6) is -1.47. The molecule has 1 aromatic carbocycles. The fourth-order valence-corrected chi connectivity index (χ4v) is 2.81. The zero-order valence-corrected chi connectivity index (χ0v) is 12.7. The van der Waals surface area contributed by atoms with Gasteiger partial charge in [0.15, 0.2) is 11.6 Å². The Labute approximate surface area is 127 Å². The quantitative estimate of drug-likeness (QED) is 0.867. The molecule has 0 bridgehead atoms. The molecular weight excluding hydrogens is 306 g/mol. The standard InChI is InChI=1S/C13H16F2N2OS.ClH/c1-9-7-16-4-5-17(9)13(18)8-19-10-2-3-11(14)12(15)6-10;/h2-3,6,9,16H,4-5,7-8H2,1H3;1H/t9-;/m0./s1. The summed E-state index contributed by atoms with van der Waals surface area (Å²) in [6.45, 7) is 4.28. The van der Waals surface area contributed by atoms with Gasteiger partial charge in [0.25, 0.3) is 0 Å². The first-order chi connectivity index (χ1) is 9.08. The monoisotopic (exact) mass is 322 g/mol. The minimum Gasteiger partial charge on any atom is -0.337 e. The predicted octanol–water partition coefficient (Wildman–Crippen LogP) is 2.30. The molecule has 0 spiro atoms. The van der Waals surface area contributed by atoms with E-state index in [-0.39, 0.29) is 30.1 Å². The molecule has 3 nitrogen and oxygen atoms in total. The molecule has 0 saturated carbocycles. The molecule has 0 unspecified atom stereocenters. The molecule has 1 amide bonds. The van der Waals surface area contributed by atoms with Gasteiger partial charge in [0, 0.05) is 30.6 Å². The summed E-state index contributed by atoms with van der Waals surface area (Å²) >= 11 is 1.23. The van der Waals surface area contributed by atoms with Gasteiger partial charge in [0.1, 0.15) is 0 Å². The van der Waals surface area contributed by atoms with Gasteiger partial charge in [-0.05, 0) is 25.1 Å². The lowest BCUT2D eigenvalue weighted by Crippen LogP contribution is -2.52. The van der Waals surface area contributed by atoms with Crippen molar-refractivity contribution in [1.29, 1.82) is 0 Å². The Morgan fingerprint density at radius 1 is 1.45 bits per heavy atom. The molecular formula is C13H17ClF2N2OS. The summed E-state index contributed by atoms with van der Waals surface area (Å²) in [6.07, 6.45) is 0. The van der Waals surface area contributed by atoms with E-state index in [2.05, 4.69) is 5.32 Å². The van der Waals surface area contributed by atoms with Crippen molar-refractivity contribution in [1.82, 2.24) is 10.2 Å². The van der Waals surface area contributed by atoms with E-state index < -0.39 is 11.6 Å². The molecule has 0 radical (unpaired) electrons. The first-order valence-electron chi connectivity index (χ1n) is 6.16. The van der Waals surface area contributed by atoms with Crippen molar-refractivity contribution >= 4 is 30.1 Å². The van der Waals surface area contributed by atoms with Crippen molar-refractivity contribution in [2.45, 2.75) is 17.9 Å². The number of nitrogens with one attached hydrogen (secondary N) is 1. The number of benzene rings is 1. The average molecular weight is 323 g/mol. The van der Waals surface area contributed by atoms with Gasteiger partial charge in [0.05, 0.1) is 5.75 Å². The third-order valence-electron chi connectivity index (χ3n) is 3.08. The molecule has 20 heavy (non-hydrogen) atoms. The molecule has 0 aliphatic carbocycles. The normalized spacial score (nSPS) is 18.6. The van der Waals surface area contributed by atoms with Crippen LogP contribution in [0.15, 0.2) is 23.1 Å². The van der Waals surface area contributed by atoms with E-state index in [0.717, 1.165) is 25.2 Å². The van der Waals surface area contributed by atoms with Crippen LogP contribution in [0.3, 0.4) is 0 Å². The van der Waals surface area contributed by atoms with Gasteiger partial charge in [0.2, 0.25) is 5.91 Å². The number of thioether (sulfide) groups is 1. The maximum absolute atomic E-state index is 13.0. The fraction of sp³-hybridized carbons (Fsp3) is 0.462. The van der Waals surface area contributed by atoms with Crippen LogP contribution in [0.1, 0.15) is 6.92 Å². The van der Waals surface area contributed by atoms with Crippen LogP contribution in [0, 0.1) is 11.6 Å². The SMILES string of the molecule is C[C@H]1CNCCN1C(=O)CSc1ccc(F)c(F)c1.Cl. The summed E-state index contributed by atoms with van der Waals surface area (Å²) in [5.41, 5.74) is 0. The Kier molecular flexibility index (Phi) is 6.71. The van der Waals surface area contributed by atoms with Gasteiger partial charge in [-0.25, -0.2) is 8.78 Å². The summed E-state index contributed by atoms with van der Waals surface area (Å²) in [6, 6.07) is 3.86. The minimum absolute atomic E-state index is 0. The molecule has 112 valence electrons. The maximum Gasteiger partial charge on any atom is 0.233 e. The van der Waals surface area contributed by atoms with Crippen LogP contribution < -0.4 is 5.32 Å². The van der Waals surface area contributed by atoms with Crippen LogP contribution in [-0.2, 0) is 4.79 Å². The van der Waals surface area contributed by atoms with Crippen LogP contribution in [-0.4, -0.2) is 42.2 Å². The number of hydrogen-bond donors (Lipinski definition) is 1. The van der Waals surface area contributed by atoms with E-state index >= 15 is 0 Å². The molecule has 1 saturated heterocycles. The van der Waals surface area contributed by atoms with Crippen LogP contribution in [0.25, 0.3) is 0 Å². The molecule has 0 aromatic heterocycles. The lowest BCUT2D eigenvalue weighted by molar-refractivity contribution is -0.131. The highest BCUT2D eigenvalue weighted by molar-refractivity contribution is 8.00. The van der Waals surface area contributed by atoms with Gasteiger partial charge in [-0.2, -0.15) is 0 Å². The minimum atomic E-state index is -0.881. The van der Waals surface area contributed by atoms with Gasteiger partial charge in [-0.15, -0.1) is 24.2 Å². The van der Waals surface area contributed by atoms with Gasteiger partial charge in [-0.1, -0.05) is 0 Å². The largest absolute Gasteiger partial charge is 0.337 e. The predicted molar refractivity (Wildman–Crippen MR) is 78.4 cm³/mol. The zero-order chi connectivity index (χ0) is 13.8. The summed E-state index contributed by atoms with van der Waals surface area (Å²) in [4.78, 5) is 14.4. The third-order valence-corrected chi connectivity index (χ3v) is 4.05. The van der Waals surface area contributed by atoms with E-state index in [1.807, 2.05) is 11.8 Å². The Morgan fingerprint density at radius 2 is 2.20 bits per heavy atom. The lowest BCUT2D eigenvalue weighted by Gasteiger charge is -2.33. The van der Waals surface area contributed by atoms with E-state index in [4.69, 9.17) is 0 Å². The van der Waals surface area contributed by atoms with Crippen molar-refractivity contribution < 1.29 is 13.6 Å². The maximum atomic E-state index is 13.0. The zero-order valence-electron chi connectivity index (χ0n) is 11.1. The molecule has 7 heteroatoms. The number of carbonyl (C=O) groups excluding carboxylic acids is 1. The van der Waals surface area contributed by atoms with Crippen molar-refractivity contribution in [3.05, 3.63) is 29.8 Å². The number of nitrogens with zero attached hydrogens (tertiary/aromatic N) is 1. The first kappa shape index (κ1) is 17.2. The summed E-state index contributed by atoms with van der Waals surface area (Å²) < 4.78 is 25.8. The lowest BCUT2D eigenvalue weighted by atomic mass is 10.2. The summed E-state index contributed by atoms with van der Waals surface area (Å²) in [5, 5.41) is 3.21. The molecule has 1 aliphatic heterocycles. The third kappa shape index (κ3) is 4.33. The number of rotatable bonds is 3. The molecule has 1 atom stereocenters. The Bertz CT molecular complexity index is 476. The fourth-order valence-electron chi connectivity index (χ4n) is 2.01. The topological polar surface area (TPSA) is 32.3 Å². The van der Waals surface area contributed by atoms with Crippen molar-refractivity contribution in [3.63, 3.8) is 0 Å². The van der Waals surface area contributed by atoms with Crippen LogP contribution >= 0.6 is 24.2 Å². The number of hydrogen-bond acceptors (Lipinski definition) is 3. The first-order valence-corrected chi connectivity index (χ1v) is 7.14. The molecule has 1 N–H and O–H groups in total. The van der Waals surface area contributed by atoms with E-state index in [0.29, 0.717) is 11.4 Å². The van der Waals surface area contributed by atoms with Crippen LogP contribution in [0.5, 0.6) is 0 Å². The Hall–Kier alpha value is -0.850. The highest BCUT2D eigenvalue weighted by atomic mass is 35.5. The molecule has 1 aromatic rings.